The molecule has 2 N–H and O–H groups in total. The first-order valence-corrected chi connectivity index (χ1v) is 10.1. The summed E-state index contributed by atoms with van der Waals surface area (Å²) < 4.78 is 0. The zero-order chi connectivity index (χ0) is 21.1. The second-order valence-electron chi connectivity index (χ2n) is 6.30. The highest BCUT2D eigenvalue weighted by molar-refractivity contribution is 7.80. The van der Waals surface area contributed by atoms with Crippen molar-refractivity contribution in [2.75, 3.05) is 5.32 Å². The lowest BCUT2D eigenvalue weighted by Crippen LogP contribution is -2.34. The minimum atomic E-state index is -0.496. The van der Waals surface area contributed by atoms with Crippen LogP contribution in [0.3, 0.4) is 0 Å². The molecule has 148 valence electrons. The summed E-state index contributed by atoms with van der Waals surface area (Å²) in [6.07, 6.45) is 0. The highest BCUT2D eigenvalue weighted by Crippen LogP contribution is 2.29. The molecule has 0 bridgehead atoms. The number of pyridine rings is 1. The summed E-state index contributed by atoms with van der Waals surface area (Å²) >= 11 is 23.3. The van der Waals surface area contributed by atoms with E-state index in [2.05, 4.69) is 15.6 Å². The van der Waals surface area contributed by atoms with Crippen LogP contribution in [-0.2, 0) is 0 Å². The van der Waals surface area contributed by atoms with Crippen molar-refractivity contribution in [2.24, 2.45) is 0 Å². The summed E-state index contributed by atoms with van der Waals surface area (Å²) in [5.41, 5.74) is 4.03. The molecular formula is C21H16Cl3N3OS. The Kier molecular flexibility index (Phi) is 6.75. The Balaban J connectivity index is 1.77. The molecule has 0 fully saturated rings. The van der Waals surface area contributed by atoms with Gasteiger partial charge in [-0.2, -0.15) is 0 Å². The summed E-state index contributed by atoms with van der Waals surface area (Å²) in [5.74, 6) is 0.0256. The SMILES string of the molecule is Cc1cc(NC(=S)NC(=O)c2c(Cl)cccc2Cl)nc(C)c1-c1ccc(Cl)cc1. The van der Waals surface area contributed by atoms with Crippen LogP contribution >= 0.6 is 47.0 Å². The molecule has 29 heavy (non-hydrogen) atoms. The van der Waals surface area contributed by atoms with Crippen LogP contribution in [-0.4, -0.2) is 16.0 Å². The number of aryl methyl sites for hydroxylation is 2. The fourth-order valence-electron chi connectivity index (χ4n) is 2.98. The fourth-order valence-corrected chi connectivity index (χ4v) is 3.87. The summed E-state index contributed by atoms with van der Waals surface area (Å²) in [7, 11) is 0. The Bertz CT molecular complexity index is 1060. The Morgan fingerprint density at radius 3 is 2.21 bits per heavy atom. The van der Waals surface area contributed by atoms with E-state index in [4.69, 9.17) is 47.0 Å². The van der Waals surface area contributed by atoms with Crippen LogP contribution in [0.1, 0.15) is 21.6 Å². The summed E-state index contributed by atoms with van der Waals surface area (Å²) in [6, 6.07) is 14.3. The van der Waals surface area contributed by atoms with E-state index in [9.17, 15) is 4.79 Å². The van der Waals surface area contributed by atoms with Gasteiger partial charge >= 0.3 is 0 Å². The predicted molar refractivity (Wildman–Crippen MR) is 124 cm³/mol. The standard InChI is InChI=1S/C21H16Cl3N3OS/c1-11-10-17(25-12(2)18(11)13-6-8-14(22)9-7-13)26-21(29)27-20(28)19-15(23)4-3-5-16(19)24/h3-10H,1-2H3,(H2,25,26,27,28,29). The molecule has 0 aliphatic carbocycles. The highest BCUT2D eigenvalue weighted by atomic mass is 35.5. The molecule has 0 radical (unpaired) electrons. The molecule has 1 amide bonds. The number of hydrogen-bond donors (Lipinski definition) is 2. The van der Waals surface area contributed by atoms with Crippen molar-refractivity contribution in [2.45, 2.75) is 13.8 Å². The molecule has 3 aromatic rings. The second-order valence-corrected chi connectivity index (χ2v) is 7.96. The van der Waals surface area contributed by atoms with Gasteiger partial charge in [0.1, 0.15) is 5.82 Å². The quantitative estimate of drug-likeness (QED) is 0.437. The Hall–Kier alpha value is -2.18. The number of thiocarbonyl (C=S) groups is 1. The van der Waals surface area contributed by atoms with Gasteiger partial charge in [0.2, 0.25) is 0 Å². The van der Waals surface area contributed by atoms with Crippen molar-refractivity contribution in [3.63, 3.8) is 0 Å². The van der Waals surface area contributed by atoms with Crippen molar-refractivity contribution < 1.29 is 4.79 Å². The lowest BCUT2D eigenvalue weighted by molar-refractivity contribution is 0.0978. The van der Waals surface area contributed by atoms with Gasteiger partial charge in [-0.25, -0.2) is 4.98 Å². The van der Waals surface area contributed by atoms with Gasteiger partial charge < -0.3 is 5.32 Å². The number of nitrogens with zero attached hydrogens (tertiary/aromatic N) is 1. The summed E-state index contributed by atoms with van der Waals surface area (Å²) in [5, 5.41) is 6.77. The van der Waals surface area contributed by atoms with Gasteiger partial charge in [-0.05, 0) is 67.5 Å². The normalized spacial score (nSPS) is 10.5. The van der Waals surface area contributed by atoms with Crippen molar-refractivity contribution in [1.29, 1.82) is 0 Å². The smallest absolute Gasteiger partial charge is 0.260 e. The van der Waals surface area contributed by atoms with Crippen LogP contribution in [0.25, 0.3) is 11.1 Å². The zero-order valence-electron chi connectivity index (χ0n) is 15.5. The number of aromatic nitrogens is 1. The molecule has 1 heterocycles. The van der Waals surface area contributed by atoms with Crippen LogP contribution in [0.2, 0.25) is 15.1 Å². The average molecular weight is 465 g/mol. The molecule has 0 aliphatic heterocycles. The Labute approximate surface area is 189 Å². The van der Waals surface area contributed by atoms with Crippen molar-refractivity contribution >= 4 is 63.9 Å². The van der Waals surface area contributed by atoms with Gasteiger partial charge in [-0.1, -0.05) is 53.0 Å². The number of hydrogen-bond acceptors (Lipinski definition) is 3. The lowest BCUT2D eigenvalue weighted by Gasteiger charge is -2.14. The Morgan fingerprint density at radius 1 is 1.00 bits per heavy atom. The maximum Gasteiger partial charge on any atom is 0.260 e. The first-order valence-electron chi connectivity index (χ1n) is 8.57. The molecular weight excluding hydrogens is 449 g/mol. The molecule has 0 saturated carbocycles. The zero-order valence-corrected chi connectivity index (χ0v) is 18.6. The number of anilines is 1. The lowest BCUT2D eigenvalue weighted by atomic mass is 9.99. The largest absolute Gasteiger partial charge is 0.317 e. The first-order chi connectivity index (χ1) is 13.8. The highest BCUT2D eigenvalue weighted by Gasteiger charge is 2.16. The van der Waals surface area contributed by atoms with E-state index in [1.165, 1.54) is 0 Å². The molecule has 0 aliphatic rings. The van der Waals surface area contributed by atoms with Gasteiger partial charge in [0, 0.05) is 16.3 Å². The monoisotopic (exact) mass is 463 g/mol. The van der Waals surface area contributed by atoms with E-state index in [0.717, 1.165) is 22.4 Å². The second kappa shape index (κ2) is 9.09. The van der Waals surface area contributed by atoms with Gasteiger partial charge in [-0.15, -0.1) is 0 Å². The number of rotatable bonds is 3. The number of carbonyl (C=O) groups is 1. The maximum atomic E-state index is 12.4. The maximum absolute atomic E-state index is 12.4. The molecule has 0 unspecified atom stereocenters. The van der Waals surface area contributed by atoms with Crippen molar-refractivity contribution in [3.05, 3.63) is 80.4 Å². The molecule has 0 saturated heterocycles. The Morgan fingerprint density at radius 2 is 1.62 bits per heavy atom. The topological polar surface area (TPSA) is 54.0 Å². The molecule has 8 heteroatoms. The molecule has 1 aromatic heterocycles. The van der Waals surface area contributed by atoms with E-state index < -0.39 is 5.91 Å². The van der Waals surface area contributed by atoms with Gasteiger partial charge in [0.25, 0.3) is 5.91 Å². The van der Waals surface area contributed by atoms with Crippen LogP contribution in [0.15, 0.2) is 48.5 Å². The number of halogens is 3. The van der Waals surface area contributed by atoms with Crippen LogP contribution in [0.4, 0.5) is 5.82 Å². The number of benzene rings is 2. The number of nitrogens with one attached hydrogen (secondary N) is 2. The van der Waals surface area contributed by atoms with Gasteiger partial charge in [-0.3, -0.25) is 10.1 Å². The van der Waals surface area contributed by atoms with E-state index in [-0.39, 0.29) is 20.7 Å². The van der Waals surface area contributed by atoms with Crippen LogP contribution in [0.5, 0.6) is 0 Å². The van der Waals surface area contributed by atoms with E-state index in [0.29, 0.717) is 10.8 Å². The third kappa shape index (κ3) is 5.06. The van der Waals surface area contributed by atoms with Gasteiger partial charge in [0.05, 0.1) is 15.6 Å². The average Bonchev–Trinajstić information content (AvgIpc) is 2.62. The van der Waals surface area contributed by atoms with E-state index >= 15 is 0 Å². The van der Waals surface area contributed by atoms with Gasteiger partial charge in [0.15, 0.2) is 5.11 Å². The third-order valence-corrected chi connectivity index (χ3v) is 5.27. The number of amides is 1. The van der Waals surface area contributed by atoms with Crippen molar-refractivity contribution in [1.82, 2.24) is 10.3 Å². The molecule has 3 rings (SSSR count). The summed E-state index contributed by atoms with van der Waals surface area (Å²) in [6.45, 7) is 3.89. The minimum absolute atomic E-state index is 0.0940. The molecule has 0 spiro atoms. The molecule has 4 nitrogen and oxygen atoms in total. The first kappa shape index (κ1) is 21.5. The van der Waals surface area contributed by atoms with E-state index in [1.54, 1.807) is 18.2 Å². The van der Waals surface area contributed by atoms with Crippen molar-refractivity contribution in [3.8, 4) is 11.1 Å². The third-order valence-electron chi connectivity index (χ3n) is 4.19. The van der Waals surface area contributed by atoms with E-state index in [1.807, 2.05) is 44.2 Å². The van der Waals surface area contributed by atoms with Crippen LogP contribution < -0.4 is 10.6 Å². The minimum Gasteiger partial charge on any atom is -0.317 e. The number of carbonyl (C=O) groups excluding carboxylic acids is 1. The fraction of sp³-hybridized carbons (Fsp3) is 0.0952. The van der Waals surface area contributed by atoms with Crippen LogP contribution in [0, 0.1) is 13.8 Å². The predicted octanol–water partition coefficient (Wildman–Crippen LogP) is 6.45. The molecule has 2 aromatic carbocycles. The molecule has 0 atom stereocenters. The summed E-state index contributed by atoms with van der Waals surface area (Å²) in [4.78, 5) is 17.0.